The molecule has 1 amide bonds. The average Bonchev–Trinajstić information content (AvgIpc) is 2.38. The van der Waals surface area contributed by atoms with Crippen molar-refractivity contribution < 1.29 is 4.79 Å². The predicted molar refractivity (Wildman–Crippen MR) is 67.8 cm³/mol. The van der Waals surface area contributed by atoms with Gasteiger partial charge in [0.2, 0.25) is 0 Å². The van der Waals surface area contributed by atoms with Crippen LogP contribution in [0.4, 0.5) is 11.4 Å². The standard InChI is InChI=1S/C13H13N3O/c1-16(12-6-2-5-11(14)8-12)13(17)10-4-3-7-15-9-10/h2-9H,14H2,1H3. The summed E-state index contributed by atoms with van der Waals surface area (Å²) in [5, 5.41) is 0. The van der Waals surface area contributed by atoms with Gasteiger partial charge in [0, 0.05) is 30.8 Å². The maximum atomic E-state index is 12.1. The minimum atomic E-state index is -0.108. The van der Waals surface area contributed by atoms with E-state index in [-0.39, 0.29) is 5.91 Å². The van der Waals surface area contributed by atoms with Crippen molar-refractivity contribution >= 4 is 17.3 Å². The molecule has 2 N–H and O–H groups in total. The van der Waals surface area contributed by atoms with E-state index in [4.69, 9.17) is 5.73 Å². The second-order valence-electron chi connectivity index (χ2n) is 3.70. The van der Waals surface area contributed by atoms with Gasteiger partial charge in [-0.25, -0.2) is 0 Å². The number of benzene rings is 1. The van der Waals surface area contributed by atoms with Crippen LogP contribution in [-0.4, -0.2) is 17.9 Å². The fraction of sp³-hybridized carbons (Fsp3) is 0.0769. The molecule has 4 heteroatoms. The number of nitrogens with zero attached hydrogens (tertiary/aromatic N) is 2. The number of pyridine rings is 1. The van der Waals surface area contributed by atoms with Gasteiger partial charge < -0.3 is 10.6 Å². The van der Waals surface area contributed by atoms with E-state index in [1.807, 2.05) is 12.1 Å². The van der Waals surface area contributed by atoms with Gasteiger partial charge in [-0.3, -0.25) is 9.78 Å². The maximum absolute atomic E-state index is 12.1. The van der Waals surface area contributed by atoms with Gasteiger partial charge in [0.25, 0.3) is 5.91 Å². The number of hydrogen-bond donors (Lipinski definition) is 1. The van der Waals surface area contributed by atoms with Crippen molar-refractivity contribution in [2.24, 2.45) is 0 Å². The molecule has 1 aromatic heterocycles. The molecule has 0 spiro atoms. The van der Waals surface area contributed by atoms with Gasteiger partial charge in [-0.15, -0.1) is 0 Å². The molecular weight excluding hydrogens is 214 g/mol. The van der Waals surface area contributed by atoms with E-state index in [9.17, 15) is 4.79 Å². The monoisotopic (exact) mass is 227 g/mol. The zero-order valence-corrected chi connectivity index (χ0v) is 9.50. The highest BCUT2D eigenvalue weighted by Crippen LogP contribution is 2.17. The van der Waals surface area contributed by atoms with Crippen molar-refractivity contribution in [3.63, 3.8) is 0 Å². The molecule has 0 radical (unpaired) electrons. The number of carbonyl (C=O) groups excluding carboxylic acids is 1. The molecule has 0 unspecified atom stereocenters. The molecular formula is C13H13N3O. The van der Waals surface area contributed by atoms with Gasteiger partial charge in [-0.05, 0) is 30.3 Å². The van der Waals surface area contributed by atoms with Gasteiger partial charge in [-0.1, -0.05) is 6.07 Å². The van der Waals surface area contributed by atoms with Gasteiger partial charge in [0.1, 0.15) is 0 Å². The van der Waals surface area contributed by atoms with Crippen molar-refractivity contribution in [3.05, 3.63) is 54.4 Å². The Balaban J connectivity index is 2.27. The summed E-state index contributed by atoms with van der Waals surface area (Å²) in [4.78, 5) is 17.6. The average molecular weight is 227 g/mol. The lowest BCUT2D eigenvalue weighted by atomic mass is 10.2. The van der Waals surface area contributed by atoms with E-state index >= 15 is 0 Å². The van der Waals surface area contributed by atoms with Crippen molar-refractivity contribution in [2.75, 3.05) is 17.7 Å². The normalized spacial score (nSPS) is 9.94. The lowest BCUT2D eigenvalue weighted by molar-refractivity contribution is 0.0992. The Labute approximate surface area is 99.7 Å². The Morgan fingerprint density at radius 3 is 2.76 bits per heavy atom. The molecule has 0 atom stereocenters. The maximum Gasteiger partial charge on any atom is 0.259 e. The molecule has 0 saturated carbocycles. The summed E-state index contributed by atoms with van der Waals surface area (Å²) in [5.41, 5.74) is 7.63. The van der Waals surface area contributed by atoms with Crippen LogP contribution in [-0.2, 0) is 0 Å². The Morgan fingerprint density at radius 2 is 2.12 bits per heavy atom. The summed E-state index contributed by atoms with van der Waals surface area (Å²) < 4.78 is 0. The van der Waals surface area contributed by atoms with Crippen LogP contribution >= 0.6 is 0 Å². The summed E-state index contributed by atoms with van der Waals surface area (Å²) in [5.74, 6) is -0.108. The molecule has 0 bridgehead atoms. The largest absolute Gasteiger partial charge is 0.399 e. The predicted octanol–water partition coefficient (Wildman–Crippen LogP) is 1.94. The Bertz CT molecular complexity index is 525. The molecule has 0 aliphatic carbocycles. The third-order valence-electron chi connectivity index (χ3n) is 2.47. The molecule has 2 rings (SSSR count). The van der Waals surface area contributed by atoms with Crippen molar-refractivity contribution in [1.29, 1.82) is 0 Å². The minimum Gasteiger partial charge on any atom is -0.399 e. The number of carbonyl (C=O) groups is 1. The van der Waals surface area contributed by atoms with Crippen LogP contribution in [0.15, 0.2) is 48.8 Å². The molecule has 1 heterocycles. The number of amides is 1. The van der Waals surface area contributed by atoms with Gasteiger partial charge in [-0.2, -0.15) is 0 Å². The van der Waals surface area contributed by atoms with Gasteiger partial charge in [0.05, 0.1) is 5.56 Å². The Hall–Kier alpha value is -2.36. The SMILES string of the molecule is CN(C(=O)c1cccnc1)c1cccc(N)c1. The molecule has 86 valence electrons. The number of hydrogen-bond acceptors (Lipinski definition) is 3. The second kappa shape index (κ2) is 4.65. The molecule has 0 aliphatic rings. The molecule has 4 nitrogen and oxygen atoms in total. The lowest BCUT2D eigenvalue weighted by Gasteiger charge is -2.17. The highest BCUT2D eigenvalue weighted by Gasteiger charge is 2.13. The zero-order chi connectivity index (χ0) is 12.3. The van der Waals surface area contributed by atoms with Crippen LogP contribution in [0, 0.1) is 0 Å². The van der Waals surface area contributed by atoms with E-state index in [1.165, 1.54) is 0 Å². The first-order chi connectivity index (χ1) is 8.18. The highest BCUT2D eigenvalue weighted by molar-refractivity contribution is 6.05. The van der Waals surface area contributed by atoms with E-state index in [0.29, 0.717) is 11.3 Å². The van der Waals surface area contributed by atoms with E-state index in [1.54, 1.807) is 48.6 Å². The molecule has 17 heavy (non-hydrogen) atoms. The van der Waals surface area contributed by atoms with Crippen LogP contribution in [0.25, 0.3) is 0 Å². The van der Waals surface area contributed by atoms with Crippen molar-refractivity contribution in [1.82, 2.24) is 4.98 Å². The minimum absolute atomic E-state index is 0.108. The highest BCUT2D eigenvalue weighted by atomic mass is 16.2. The fourth-order valence-electron chi connectivity index (χ4n) is 1.53. The quantitative estimate of drug-likeness (QED) is 0.797. The summed E-state index contributed by atoms with van der Waals surface area (Å²) >= 11 is 0. The van der Waals surface area contributed by atoms with Gasteiger partial charge >= 0.3 is 0 Å². The summed E-state index contributed by atoms with van der Waals surface area (Å²) in [7, 11) is 1.71. The number of nitrogens with two attached hydrogens (primary N) is 1. The van der Waals surface area contributed by atoms with E-state index in [0.717, 1.165) is 5.69 Å². The molecule has 2 aromatic rings. The Morgan fingerprint density at radius 1 is 1.29 bits per heavy atom. The van der Waals surface area contributed by atoms with Crippen molar-refractivity contribution in [3.8, 4) is 0 Å². The lowest BCUT2D eigenvalue weighted by Crippen LogP contribution is -2.26. The van der Waals surface area contributed by atoms with Gasteiger partial charge in [0.15, 0.2) is 0 Å². The van der Waals surface area contributed by atoms with E-state index < -0.39 is 0 Å². The van der Waals surface area contributed by atoms with Crippen molar-refractivity contribution in [2.45, 2.75) is 0 Å². The van der Waals surface area contributed by atoms with Crippen LogP contribution in [0.1, 0.15) is 10.4 Å². The molecule has 1 aromatic carbocycles. The Kier molecular flexibility index (Phi) is 3.05. The number of aromatic nitrogens is 1. The third kappa shape index (κ3) is 2.42. The second-order valence-corrected chi connectivity index (χ2v) is 3.70. The molecule has 0 aliphatic heterocycles. The zero-order valence-electron chi connectivity index (χ0n) is 9.50. The fourth-order valence-corrected chi connectivity index (χ4v) is 1.53. The topological polar surface area (TPSA) is 59.2 Å². The first-order valence-corrected chi connectivity index (χ1v) is 5.22. The molecule has 0 saturated heterocycles. The van der Waals surface area contributed by atoms with Crippen LogP contribution < -0.4 is 10.6 Å². The third-order valence-corrected chi connectivity index (χ3v) is 2.47. The van der Waals surface area contributed by atoms with E-state index in [2.05, 4.69) is 4.98 Å². The number of nitrogen functional groups attached to an aromatic ring is 1. The molecule has 0 fully saturated rings. The van der Waals surface area contributed by atoms with Crippen LogP contribution in [0.3, 0.4) is 0 Å². The van der Waals surface area contributed by atoms with Crippen LogP contribution in [0.2, 0.25) is 0 Å². The first kappa shape index (κ1) is 11.1. The van der Waals surface area contributed by atoms with Crippen LogP contribution in [0.5, 0.6) is 0 Å². The first-order valence-electron chi connectivity index (χ1n) is 5.22. The summed E-state index contributed by atoms with van der Waals surface area (Å²) in [6.07, 6.45) is 3.18. The summed E-state index contributed by atoms with van der Waals surface area (Å²) in [6.45, 7) is 0. The summed E-state index contributed by atoms with van der Waals surface area (Å²) in [6, 6.07) is 10.7. The number of rotatable bonds is 2. The number of anilines is 2. The smallest absolute Gasteiger partial charge is 0.259 e.